The fraction of sp³-hybridized carbons (Fsp3) is 0.0455. The van der Waals surface area contributed by atoms with E-state index in [2.05, 4.69) is 15.2 Å². The first-order chi connectivity index (χ1) is 17.3. The number of aromatic nitrogens is 4. The van der Waals surface area contributed by atoms with Crippen molar-refractivity contribution in [1.29, 1.82) is 0 Å². The van der Waals surface area contributed by atoms with Gasteiger partial charge >= 0.3 is 10.0 Å². The lowest BCUT2D eigenvalue weighted by Gasteiger charge is -2.23. The summed E-state index contributed by atoms with van der Waals surface area (Å²) in [5.74, 6) is -2.03. The summed E-state index contributed by atoms with van der Waals surface area (Å²) in [5, 5.41) is 7.98. The molecule has 3 aromatic heterocycles. The van der Waals surface area contributed by atoms with Crippen LogP contribution in [0.15, 0.2) is 76.2 Å². The Kier molecular flexibility index (Phi) is 6.55. The molecule has 0 aliphatic rings. The smallest absolute Gasteiger partial charge is 0.300 e. The summed E-state index contributed by atoms with van der Waals surface area (Å²) >= 11 is 8.41. The van der Waals surface area contributed by atoms with E-state index in [4.69, 9.17) is 16.4 Å². The van der Waals surface area contributed by atoms with Gasteiger partial charge in [-0.15, -0.1) is 10.2 Å². The molecule has 0 saturated heterocycles. The molecular weight excluding hydrogens is 552 g/mol. The second kappa shape index (κ2) is 9.65. The molecule has 8 nitrogen and oxygen atoms in total. The van der Waals surface area contributed by atoms with E-state index in [1.54, 1.807) is 47.3 Å². The molecular formula is C22H14ClF2N5O3S3. The van der Waals surface area contributed by atoms with E-state index in [0.717, 1.165) is 23.5 Å². The molecule has 14 heteroatoms. The van der Waals surface area contributed by atoms with Crippen LogP contribution in [0.3, 0.4) is 0 Å². The van der Waals surface area contributed by atoms with E-state index in [0.29, 0.717) is 36.8 Å². The first-order valence-corrected chi connectivity index (χ1v) is 13.9. The van der Waals surface area contributed by atoms with E-state index in [1.165, 1.54) is 23.9 Å². The Morgan fingerprint density at radius 2 is 1.94 bits per heavy atom. The minimum absolute atomic E-state index is 0.0573. The average Bonchev–Trinajstić information content (AvgIpc) is 3.54. The zero-order valence-corrected chi connectivity index (χ0v) is 21.4. The Balaban J connectivity index is 1.68. The van der Waals surface area contributed by atoms with E-state index < -0.39 is 26.6 Å². The minimum Gasteiger partial charge on any atom is -0.361 e. The van der Waals surface area contributed by atoms with E-state index in [1.807, 2.05) is 0 Å². The quantitative estimate of drug-likeness (QED) is 0.185. The van der Waals surface area contributed by atoms with Crippen LogP contribution in [0.2, 0.25) is 5.02 Å². The summed E-state index contributed by atoms with van der Waals surface area (Å²) < 4.78 is 58.3. The third kappa shape index (κ3) is 4.50. The zero-order valence-electron chi connectivity index (χ0n) is 18.2. The molecule has 0 N–H and O–H groups in total. The molecule has 0 bridgehead atoms. The zero-order chi connectivity index (χ0) is 25.4. The highest BCUT2D eigenvalue weighted by molar-refractivity contribution is 8.00. The van der Waals surface area contributed by atoms with Crippen molar-refractivity contribution in [2.24, 2.45) is 0 Å². The molecule has 2 aromatic carbocycles. The summed E-state index contributed by atoms with van der Waals surface area (Å²) in [6.07, 6.45) is 5.07. The molecule has 0 atom stereocenters. The summed E-state index contributed by atoms with van der Waals surface area (Å²) in [6.45, 7) is 0. The molecule has 0 amide bonds. The maximum atomic E-state index is 14.6. The van der Waals surface area contributed by atoms with Gasteiger partial charge in [0.2, 0.25) is 0 Å². The predicted molar refractivity (Wildman–Crippen MR) is 134 cm³/mol. The Labute approximate surface area is 217 Å². The van der Waals surface area contributed by atoms with E-state index in [-0.39, 0.29) is 10.9 Å². The van der Waals surface area contributed by atoms with Gasteiger partial charge < -0.3 is 4.84 Å². The number of halogens is 3. The summed E-state index contributed by atoms with van der Waals surface area (Å²) in [6, 6.07) is 12.0. The van der Waals surface area contributed by atoms with Crippen molar-refractivity contribution >= 4 is 55.5 Å². The lowest BCUT2D eigenvalue weighted by molar-refractivity contribution is 0.336. The number of pyridine rings is 1. The standard InChI is InChI=1S/C22H14ClF2N5O3S3/c1-34-22-28-27-21(35-22)30(36(31,32)19-12-14(24)6-7-16(19)25)33-18-8-5-13(23)11-15(18)17-3-2-4-20-26-9-10-29(17)20/h2-12H,1H3. The largest absolute Gasteiger partial charge is 0.361 e. The summed E-state index contributed by atoms with van der Waals surface area (Å²) in [5.41, 5.74) is 1.65. The van der Waals surface area contributed by atoms with Gasteiger partial charge in [0.25, 0.3) is 5.13 Å². The first-order valence-electron chi connectivity index (χ1n) is 10.1. The maximum absolute atomic E-state index is 14.6. The highest BCUT2D eigenvalue weighted by Crippen LogP contribution is 2.37. The van der Waals surface area contributed by atoms with Gasteiger partial charge in [-0.05, 0) is 54.8 Å². The van der Waals surface area contributed by atoms with Crippen molar-refractivity contribution in [1.82, 2.24) is 19.6 Å². The number of hydrogen-bond donors (Lipinski definition) is 0. The van der Waals surface area contributed by atoms with E-state index >= 15 is 0 Å². The lowest BCUT2D eigenvalue weighted by atomic mass is 10.1. The first kappa shape index (κ1) is 24.4. The SMILES string of the molecule is CSc1nnc(N(Oc2ccc(Cl)cc2-c2cccc3nccn23)S(=O)(=O)c2cc(F)ccc2F)s1. The van der Waals surface area contributed by atoms with Crippen LogP contribution in [0.4, 0.5) is 13.9 Å². The summed E-state index contributed by atoms with van der Waals surface area (Å²) in [4.78, 5) is 9.24. The molecule has 0 fully saturated rings. The van der Waals surface area contributed by atoms with Gasteiger partial charge in [-0.1, -0.05) is 45.2 Å². The number of thioether (sulfide) groups is 1. The van der Waals surface area contributed by atoms with Gasteiger partial charge in [0.15, 0.2) is 10.1 Å². The van der Waals surface area contributed by atoms with Crippen LogP contribution < -0.4 is 9.31 Å². The monoisotopic (exact) mass is 565 g/mol. The van der Waals surface area contributed by atoms with Crippen molar-refractivity contribution in [3.05, 3.63) is 83.6 Å². The molecule has 0 aliphatic carbocycles. The highest BCUT2D eigenvalue weighted by atomic mass is 35.5. The van der Waals surface area contributed by atoms with Crippen LogP contribution in [-0.2, 0) is 10.0 Å². The Bertz CT molecular complexity index is 1690. The number of sulfonamides is 1. The van der Waals surface area contributed by atoms with Crippen LogP contribution in [0.1, 0.15) is 0 Å². The van der Waals surface area contributed by atoms with Crippen LogP contribution in [0.5, 0.6) is 5.75 Å². The minimum atomic E-state index is -4.80. The molecule has 5 rings (SSSR count). The number of imidazole rings is 1. The number of fused-ring (bicyclic) bond motifs is 1. The van der Waals surface area contributed by atoms with Gasteiger partial charge in [-0.2, -0.15) is 8.42 Å². The fourth-order valence-electron chi connectivity index (χ4n) is 3.35. The number of benzene rings is 2. The van der Waals surface area contributed by atoms with Crippen LogP contribution in [0.25, 0.3) is 16.9 Å². The van der Waals surface area contributed by atoms with Crippen molar-refractivity contribution < 1.29 is 22.0 Å². The second-order valence-electron chi connectivity index (χ2n) is 7.16. The van der Waals surface area contributed by atoms with Gasteiger partial charge in [0.1, 0.15) is 22.2 Å². The van der Waals surface area contributed by atoms with Crippen molar-refractivity contribution in [3.8, 4) is 17.0 Å². The molecule has 0 aliphatic heterocycles. The van der Waals surface area contributed by atoms with Crippen LogP contribution >= 0.6 is 34.7 Å². The topological polar surface area (TPSA) is 89.7 Å². The third-order valence-electron chi connectivity index (χ3n) is 4.94. The van der Waals surface area contributed by atoms with Crippen molar-refractivity contribution in [3.63, 3.8) is 0 Å². The lowest BCUT2D eigenvalue weighted by Crippen LogP contribution is -2.35. The van der Waals surface area contributed by atoms with Gasteiger partial charge in [-0.3, -0.25) is 4.40 Å². The Morgan fingerprint density at radius 3 is 2.72 bits per heavy atom. The second-order valence-corrected chi connectivity index (χ2v) is 11.3. The predicted octanol–water partition coefficient (Wildman–Crippen LogP) is 5.70. The normalized spacial score (nSPS) is 11.7. The van der Waals surface area contributed by atoms with Gasteiger partial charge in [-0.25, -0.2) is 13.8 Å². The van der Waals surface area contributed by atoms with Gasteiger partial charge in [0, 0.05) is 23.0 Å². The number of nitrogens with zero attached hydrogens (tertiary/aromatic N) is 5. The van der Waals surface area contributed by atoms with E-state index in [9.17, 15) is 17.2 Å². The van der Waals surface area contributed by atoms with Crippen molar-refractivity contribution in [2.45, 2.75) is 9.24 Å². The molecule has 36 heavy (non-hydrogen) atoms. The number of hydrogen-bond acceptors (Lipinski definition) is 8. The average molecular weight is 566 g/mol. The van der Waals surface area contributed by atoms with Gasteiger partial charge in [0.05, 0.1) is 5.69 Å². The number of rotatable bonds is 7. The van der Waals surface area contributed by atoms with Crippen LogP contribution in [0, 0.1) is 11.6 Å². The number of anilines is 1. The molecule has 0 saturated carbocycles. The Hall–Kier alpha value is -3.26. The molecule has 3 heterocycles. The molecule has 184 valence electrons. The molecule has 0 radical (unpaired) electrons. The molecule has 0 unspecified atom stereocenters. The third-order valence-corrected chi connectivity index (χ3v) is 8.71. The maximum Gasteiger partial charge on any atom is 0.300 e. The Morgan fingerprint density at radius 1 is 1.11 bits per heavy atom. The molecule has 5 aromatic rings. The van der Waals surface area contributed by atoms with Crippen LogP contribution in [-0.4, -0.2) is 34.3 Å². The summed E-state index contributed by atoms with van der Waals surface area (Å²) in [7, 11) is -4.80. The fourth-order valence-corrected chi connectivity index (χ4v) is 6.22. The van der Waals surface area contributed by atoms with Crippen molar-refractivity contribution in [2.75, 3.05) is 10.7 Å². The molecule has 0 spiro atoms. The highest BCUT2D eigenvalue weighted by Gasteiger charge is 2.34.